The van der Waals surface area contributed by atoms with E-state index < -0.39 is 30.0 Å². The molecule has 12 heteroatoms. The molecule has 0 aromatic heterocycles. The number of carbonyl (C=O) groups is 4. The van der Waals surface area contributed by atoms with E-state index in [0.29, 0.717) is 80.2 Å². The summed E-state index contributed by atoms with van der Waals surface area (Å²) in [5, 5.41) is 0. The fourth-order valence-corrected chi connectivity index (χ4v) is 5.92. The number of carbonyl (C=O) groups excluding carboxylic acids is 4. The zero-order valence-corrected chi connectivity index (χ0v) is 36.5. The summed E-state index contributed by atoms with van der Waals surface area (Å²) >= 11 is 0. The fraction of sp³-hybridized carbons (Fsp3) is 0.269. The summed E-state index contributed by atoms with van der Waals surface area (Å²) in [6, 6.07) is 20.4. The predicted octanol–water partition coefficient (Wildman–Crippen LogP) is 10.7. The van der Waals surface area contributed by atoms with Crippen molar-refractivity contribution in [1.29, 1.82) is 0 Å². The van der Waals surface area contributed by atoms with E-state index in [1.807, 2.05) is 0 Å². The van der Waals surface area contributed by atoms with Gasteiger partial charge in [0.05, 0.1) is 37.6 Å². The number of benzene rings is 4. The van der Waals surface area contributed by atoms with Crippen LogP contribution in [0.3, 0.4) is 0 Å². The van der Waals surface area contributed by atoms with Crippen molar-refractivity contribution in [2.24, 2.45) is 5.92 Å². The van der Waals surface area contributed by atoms with Crippen LogP contribution in [-0.2, 0) is 9.53 Å². The van der Waals surface area contributed by atoms with Gasteiger partial charge < -0.3 is 37.9 Å². The number of esters is 4. The molecule has 4 aromatic rings. The van der Waals surface area contributed by atoms with E-state index in [1.165, 1.54) is 42.5 Å². The lowest BCUT2D eigenvalue weighted by Gasteiger charge is -2.18. The molecule has 0 saturated carbocycles. The van der Waals surface area contributed by atoms with Crippen molar-refractivity contribution < 1.29 is 57.1 Å². The van der Waals surface area contributed by atoms with Gasteiger partial charge in [-0.1, -0.05) is 38.2 Å². The van der Waals surface area contributed by atoms with Crippen LogP contribution < -0.4 is 33.2 Å². The van der Waals surface area contributed by atoms with Gasteiger partial charge in [-0.25, -0.2) is 19.2 Å². The Hall–Kier alpha value is -7.34. The van der Waals surface area contributed by atoms with Crippen LogP contribution >= 0.6 is 0 Å². The molecule has 0 N–H and O–H groups in total. The molecule has 64 heavy (non-hydrogen) atoms. The highest BCUT2D eigenvalue weighted by molar-refractivity contribution is 5.96. The van der Waals surface area contributed by atoms with Crippen molar-refractivity contribution >= 4 is 23.9 Å². The van der Waals surface area contributed by atoms with Crippen LogP contribution in [0.15, 0.2) is 141 Å². The molecule has 0 aliphatic heterocycles. The van der Waals surface area contributed by atoms with Gasteiger partial charge in [-0.05, 0) is 123 Å². The topological polar surface area (TPSA) is 142 Å². The number of hydrogen-bond donors (Lipinski definition) is 0. The van der Waals surface area contributed by atoms with Gasteiger partial charge in [-0.15, -0.1) is 19.7 Å². The summed E-state index contributed by atoms with van der Waals surface area (Å²) < 4.78 is 45.9. The number of hydrogen-bond acceptors (Lipinski definition) is 12. The van der Waals surface area contributed by atoms with Crippen LogP contribution in [0.1, 0.15) is 82.6 Å². The zero-order chi connectivity index (χ0) is 45.8. The van der Waals surface area contributed by atoms with E-state index in [4.69, 9.17) is 37.9 Å². The smallest absolute Gasteiger partial charge is 0.347 e. The summed E-state index contributed by atoms with van der Waals surface area (Å²) in [5.74, 6) is 0.485. The Bertz CT molecular complexity index is 2350. The molecule has 0 bridgehead atoms. The van der Waals surface area contributed by atoms with E-state index in [-0.39, 0.29) is 45.9 Å². The Morgan fingerprint density at radius 3 is 1.70 bits per heavy atom. The summed E-state index contributed by atoms with van der Waals surface area (Å²) in [6.45, 7) is 18.7. The first-order valence-electron chi connectivity index (χ1n) is 21.1. The molecule has 334 valence electrons. The van der Waals surface area contributed by atoms with E-state index >= 15 is 0 Å². The monoisotopic (exact) mass is 870 g/mol. The molecule has 1 aliphatic carbocycles. The SMILES string of the molecule is C=CCCOc1ccc(C(=O)OC2C=CC(C(=O)Oc3ccc(OC(=O)c4ccc(OC(=O)c5ccc(OCCC(C)C)cc5OCCC=C)cc4)c(C)c3)=CC2)c(OCCC=C)c1. The highest BCUT2D eigenvalue weighted by Gasteiger charge is 2.23. The maximum atomic E-state index is 13.2. The van der Waals surface area contributed by atoms with E-state index in [1.54, 1.807) is 79.8 Å². The van der Waals surface area contributed by atoms with Crippen molar-refractivity contribution in [1.82, 2.24) is 0 Å². The maximum Gasteiger partial charge on any atom is 0.347 e. The van der Waals surface area contributed by atoms with Crippen molar-refractivity contribution in [2.45, 2.75) is 59.0 Å². The zero-order valence-electron chi connectivity index (χ0n) is 36.5. The minimum Gasteiger partial charge on any atom is -0.493 e. The van der Waals surface area contributed by atoms with Gasteiger partial charge in [0.2, 0.25) is 0 Å². The molecule has 12 nitrogen and oxygen atoms in total. The molecule has 0 saturated heterocycles. The van der Waals surface area contributed by atoms with Gasteiger partial charge in [0.15, 0.2) is 0 Å². The normalized spacial score (nSPS) is 12.9. The molecular formula is C52H54O12. The highest BCUT2D eigenvalue weighted by Crippen LogP contribution is 2.30. The average Bonchev–Trinajstić information content (AvgIpc) is 3.28. The van der Waals surface area contributed by atoms with Gasteiger partial charge in [0.1, 0.15) is 57.5 Å². The van der Waals surface area contributed by atoms with Crippen LogP contribution in [0.5, 0.6) is 40.2 Å². The first-order chi connectivity index (χ1) is 31.0. The molecule has 0 heterocycles. The maximum absolute atomic E-state index is 13.2. The van der Waals surface area contributed by atoms with Crippen LogP contribution in [0.25, 0.3) is 0 Å². The summed E-state index contributed by atoms with van der Waals surface area (Å²) in [5.41, 5.74) is 1.49. The van der Waals surface area contributed by atoms with E-state index in [9.17, 15) is 19.2 Å². The Morgan fingerprint density at radius 1 is 0.594 bits per heavy atom. The van der Waals surface area contributed by atoms with Crippen molar-refractivity contribution in [3.8, 4) is 40.2 Å². The van der Waals surface area contributed by atoms with Gasteiger partial charge in [0.25, 0.3) is 0 Å². The Labute approximate surface area is 374 Å². The van der Waals surface area contributed by atoms with Crippen molar-refractivity contribution in [2.75, 3.05) is 26.4 Å². The molecule has 4 aromatic carbocycles. The predicted molar refractivity (Wildman–Crippen MR) is 243 cm³/mol. The minimum absolute atomic E-state index is 0.212. The molecule has 0 spiro atoms. The fourth-order valence-electron chi connectivity index (χ4n) is 5.92. The number of ether oxygens (including phenoxy) is 8. The Morgan fingerprint density at radius 2 is 1.14 bits per heavy atom. The van der Waals surface area contributed by atoms with Crippen LogP contribution in [0, 0.1) is 12.8 Å². The minimum atomic E-state index is -0.647. The van der Waals surface area contributed by atoms with Gasteiger partial charge in [-0.2, -0.15) is 0 Å². The third-order valence-corrected chi connectivity index (χ3v) is 9.47. The van der Waals surface area contributed by atoms with Crippen LogP contribution in [0.2, 0.25) is 0 Å². The molecule has 1 unspecified atom stereocenters. The van der Waals surface area contributed by atoms with Crippen molar-refractivity contribution in [3.63, 3.8) is 0 Å². The number of aryl methyl sites for hydroxylation is 1. The second-order valence-corrected chi connectivity index (χ2v) is 14.9. The first-order valence-corrected chi connectivity index (χ1v) is 21.1. The average molecular weight is 871 g/mol. The van der Waals surface area contributed by atoms with Crippen LogP contribution in [0.4, 0.5) is 0 Å². The second-order valence-electron chi connectivity index (χ2n) is 14.9. The van der Waals surface area contributed by atoms with Crippen molar-refractivity contribution in [3.05, 3.63) is 163 Å². The lowest BCUT2D eigenvalue weighted by Crippen LogP contribution is -2.20. The largest absolute Gasteiger partial charge is 0.493 e. The lowest BCUT2D eigenvalue weighted by molar-refractivity contribution is -0.129. The molecule has 5 rings (SSSR count). The molecule has 0 fully saturated rings. The highest BCUT2D eigenvalue weighted by atomic mass is 16.6. The quantitative estimate of drug-likeness (QED) is 0.0286. The molecule has 0 radical (unpaired) electrons. The summed E-state index contributed by atoms with van der Waals surface area (Å²) in [4.78, 5) is 52.6. The summed E-state index contributed by atoms with van der Waals surface area (Å²) in [6.07, 6.45) is 12.3. The molecule has 0 amide bonds. The van der Waals surface area contributed by atoms with Crippen LogP contribution in [-0.4, -0.2) is 56.4 Å². The van der Waals surface area contributed by atoms with Gasteiger partial charge >= 0.3 is 23.9 Å². The van der Waals surface area contributed by atoms with Gasteiger partial charge in [0, 0.05) is 18.6 Å². The third kappa shape index (κ3) is 14.4. The van der Waals surface area contributed by atoms with Gasteiger partial charge in [-0.3, -0.25) is 0 Å². The van der Waals surface area contributed by atoms with E-state index in [0.717, 1.165) is 6.42 Å². The summed E-state index contributed by atoms with van der Waals surface area (Å²) in [7, 11) is 0. The molecule has 1 aliphatic rings. The Kier molecular flexibility index (Phi) is 18.1. The third-order valence-electron chi connectivity index (χ3n) is 9.47. The first kappa shape index (κ1) is 47.7. The second kappa shape index (κ2) is 24.3. The Balaban J connectivity index is 1.12. The molecular weight excluding hydrogens is 817 g/mol. The molecule has 1 atom stereocenters. The standard InChI is InChI=1S/C52H54O12/c1-7-10-28-57-41-21-24-44(47(33-41)59-29-11-8-2)51(55)61-39-17-13-37(14-18-39)49(53)63-43-23-26-46(36(6)32-43)64-50(54)38-15-19-40(20-16-38)62-52(56)45-25-22-42(58-31-27-35(4)5)34-48(45)60-30-12-9-3/h7-9,13-17,19-26,32-35,39H,1-3,10-12,18,27-31H2,4-6H3. The lowest BCUT2D eigenvalue weighted by atomic mass is 10.0. The van der Waals surface area contributed by atoms with E-state index in [2.05, 4.69) is 33.6 Å². The number of rotatable bonds is 24.